The minimum absolute atomic E-state index is 0.779. The van der Waals surface area contributed by atoms with E-state index in [4.69, 9.17) is 4.99 Å². The molecule has 0 unspecified atom stereocenters. The van der Waals surface area contributed by atoms with Gasteiger partial charge in [-0.25, -0.2) is 9.98 Å². The number of H-pyrrole nitrogens is 2. The molecular weight excluding hydrogens is 370 g/mol. The molecule has 0 aromatic carbocycles. The summed E-state index contributed by atoms with van der Waals surface area (Å²) in [5.74, 6) is 0.911. The third-order valence-electron chi connectivity index (χ3n) is 5.34. The van der Waals surface area contributed by atoms with Crippen molar-refractivity contribution in [1.82, 2.24) is 19.5 Å². The highest BCUT2D eigenvalue weighted by Crippen LogP contribution is 2.21. The molecule has 0 amide bonds. The number of hydrogen-bond acceptors (Lipinski definition) is 2. The molecule has 0 spiro atoms. The van der Waals surface area contributed by atoms with Crippen LogP contribution in [-0.2, 0) is 6.42 Å². The van der Waals surface area contributed by atoms with Gasteiger partial charge in [0, 0.05) is 46.1 Å². The average Bonchev–Trinajstić information content (AvgIpc) is 3.54. The molecule has 30 heavy (non-hydrogen) atoms. The summed E-state index contributed by atoms with van der Waals surface area (Å²) in [4.78, 5) is 16.3. The molecule has 2 aliphatic heterocycles. The summed E-state index contributed by atoms with van der Waals surface area (Å²) >= 11 is 0. The zero-order valence-electron chi connectivity index (χ0n) is 16.2. The van der Waals surface area contributed by atoms with Gasteiger partial charge in [0.05, 0.1) is 11.4 Å². The number of allylic oxidation sites excluding steroid dienone is 2. The quantitative estimate of drug-likeness (QED) is 0.516. The molecule has 0 saturated heterocycles. The fourth-order valence-electron chi connectivity index (χ4n) is 3.99. The number of nitrogens with zero attached hydrogens (tertiary/aromatic N) is 3. The Labute approximate surface area is 173 Å². The summed E-state index contributed by atoms with van der Waals surface area (Å²) in [7, 11) is 0. The summed E-state index contributed by atoms with van der Waals surface area (Å²) in [6.07, 6.45) is 13.0. The van der Waals surface area contributed by atoms with E-state index in [1.54, 1.807) is 0 Å². The van der Waals surface area contributed by atoms with E-state index in [2.05, 4.69) is 74.1 Å². The molecule has 0 atom stereocenters. The second kappa shape index (κ2) is 6.74. The molecule has 5 nitrogen and oxygen atoms in total. The van der Waals surface area contributed by atoms with Crippen molar-refractivity contribution >= 4 is 23.9 Å². The predicted molar refractivity (Wildman–Crippen MR) is 120 cm³/mol. The maximum Gasteiger partial charge on any atom is 0.137 e. The maximum atomic E-state index is 4.70. The van der Waals surface area contributed by atoms with Gasteiger partial charge in [-0.2, -0.15) is 0 Å². The Hall–Kier alpha value is -4.12. The van der Waals surface area contributed by atoms with E-state index < -0.39 is 0 Å². The van der Waals surface area contributed by atoms with Crippen molar-refractivity contribution in [3.63, 3.8) is 0 Å². The van der Waals surface area contributed by atoms with E-state index in [-0.39, 0.29) is 0 Å². The highest BCUT2D eigenvalue weighted by atomic mass is 15.1. The molecule has 2 aliphatic rings. The van der Waals surface area contributed by atoms with Crippen LogP contribution in [0.1, 0.15) is 22.8 Å². The number of hydrogen-bond donors (Lipinski definition) is 2. The maximum absolute atomic E-state index is 4.70. The number of fused-ring (bicyclic) bond motifs is 7. The summed E-state index contributed by atoms with van der Waals surface area (Å²) in [5.41, 5.74) is 6.33. The van der Waals surface area contributed by atoms with E-state index in [0.717, 1.165) is 51.4 Å². The van der Waals surface area contributed by atoms with Crippen LogP contribution >= 0.6 is 0 Å². The number of aliphatic imine (C=N–C) groups is 1. The van der Waals surface area contributed by atoms with Crippen molar-refractivity contribution in [3.8, 4) is 5.82 Å². The standard InChI is InChI=1S/C25H19N5/c1-2-12-26-25(3-1)30-23-10-11-24(30)16-22-9-7-20(29-22)14-18-5-4-17(27-18)13-19-6-8-21(15-23)28-19/h1-15,28-29H,16H2. The third kappa shape index (κ3) is 3.06. The van der Waals surface area contributed by atoms with Crippen molar-refractivity contribution < 1.29 is 0 Å². The summed E-state index contributed by atoms with van der Waals surface area (Å²) in [6.45, 7) is 0. The number of rotatable bonds is 1. The lowest BCUT2D eigenvalue weighted by molar-refractivity contribution is 0.900. The van der Waals surface area contributed by atoms with Crippen molar-refractivity contribution in [3.05, 3.63) is 112 Å². The van der Waals surface area contributed by atoms with Crippen molar-refractivity contribution in [2.24, 2.45) is 4.99 Å². The molecule has 6 heterocycles. The molecule has 0 aliphatic carbocycles. The number of aromatic nitrogens is 4. The topological polar surface area (TPSA) is 61.8 Å². The molecule has 4 aromatic rings. The first-order chi connectivity index (χ1) is 14.8. The minimum Gasteiger partial charge on any atom is -0.359 e. The normalized spacial score (nSPS) is 14.7. The lowest BCUT2D eigenvalue weighted by Crippen LogP contribution is -2.12. The van der Waals surface area contributed by atoms with Crippen molar-refractivity contribution in [1.29, 1.82) is 0 Å². The SMILES string of the molecule is C1=CC2=NC1=Cc1ccc([nH]1)Cc1ccc(n1-c1ccccn1)C=c1ccc([nH]1)=C2. The Morgan fingerprint density at radius 2 is 1.73 bits per heavy atom. The Morgan fingerprint density at radius 1 is 0.800 bits per heavy atom. The highest BCUT2D eigenvalue weighted by molar-refractivity contribution is 6.19. The van der Waals surface area contributed by atoms with Gasteiger partial charge < -0.3 is 9.97 Å². The van der Waals surface area contributed by atoms with Crippen molar-refractivity contribution in [2.45, 2.75) is 6.42 Å². The first-order valence-corrected chi connectivity index (χ1v) is 9.97. The van der Waals surface area contributed by atoms with Gasteiger partial charge in [0.1, 0.15) is 5.82 Å². The zero-order chi connectivity index (χ0) is 19.9. The van der Waals surface area contributed by atoms with E-state index >= 15 is 0 Å². The van der Waals surface area contributed by atoms with Crippen LogP contribution in [0.3, 0.4) is 0 Å². The minimum atomic E-state index is 0.779. The Kier molecular flexibility index (Phi) is 3.77. The van der Waals surface area contributed by atoms with Crippen LogP contribution in [0.4, 0.5) is 0 Å². The second-order valence-electron chi connectivity index (χ2n) is 7.49. The summed E-state index contributed by atoms with van der Waals surface area (Å²) < 4.78 is 2.21. The molecular formula is C25H19N5. The lowest BCUT2D eigenvalue weighted by Gasteiger charge is -2.10. The third-order valence-corrected chi connectivity index (χ3v) is 5.34. The molecule has 2 N–H and O–H groups in total. The van der Waals surface area contributed by atoms with E-state index in [1.165, 1.54) is 5.69 Å². The monoisotopic (exact) mass is 389 g/mol. The van der Waals surface area contributed by atoms with E-state index in [9.17, 15) is 0 Å². The number of pyridine rings is 1. The van der Waals surface area contributed by atoms with Gasteiger partial charge in [0.15, 0.2) is 0 Å². The Balaban J connectivity index is 1.59. The van der Waals surface area contributed by atoms with Gasteiger partial charge in [-0.15, -0.1) is 0 Å². The highest BCUT2D eigenvalue weighted by Gasteiger charge is 2.12. The average molecular weight is 389 g/mol. The lowest BCUT2D eigenvalue weighted by atomic mass is 10.2. The molecule has 144 valence electrons. The molecule has 0 fully saturated rings. The van der Waals surface area contributed by atoms with Crippen LogP contribution in [-0.4, -0.2) is 25.2 Å². The van der Waals surface area contributed by atoms with Crippen LogP contribution in [0.15, 0.2) is 83.6 Å². The number of nitrogens with one attached hydrogen (secondary N) is 2. The van der Waals surface area contributed by atoms with Crippen LogP contribution < -0.4 is 10.7 Å². The number of aromatic amines is 2. The van der Waals surface area contributed by atoms with Crippen LogP contribution in [0.5, 0.6) is 0 Å². The second-order valence-corrected chi connectivity index (χ2v) is 7.49. The van der Waals surface area contributed by atoms with Crippen LogP contribution in [0.25, 0.3) is 24.0 Å². The van der Waals surface area contributed by atoms with Crippen molar-refractivity contribution in [2.75, 3.05) is 0 Å². The zero-order valence-corrected chi connectivity index (χ0v) is 16.2. The first kappa shape index (κ1) is 16.8. The molecule has 5 heteroatoms. The molecule has 8 bridgehead atoms. The van der Waals surface area contributed by atoms with Gasteiger partial charge in [0.25, 0.3) is 0 Å². The van der Waals surface area contributed by atoms with Crippen LogP contribution in [0.2, 0.25) is 0 Å². The molecule has 6 rings (SSSR count). The van der Waals surface area contributed by atoms with Gasteiger partial charge in [-0.3, -0.25) is 4.57 Å². The summed E-state index contributed by atoms with van der Waals surface area (Å²) in [6, 6.07) is 18.7. The Morgan fingerprint density at radius 3 is 2.63 bits per heavy atom. The fourth-order valence-corrected chi connectivity index (χ4v) is 3.99. The first-order valence-electron chi connectivity index (χ1n) is 9.97. The van der Waals surface area contributed by atoms with Gasteiger partial charge in [-0.1, -0.05) is 6.07 Å². The fraction of sp³-hybridized carbons (Fsp3) is 0.0400. The molecule has 0 radical (unpaired) electrons. The Bertz CT molecular complexity index is 1450. The molecule has 4 aromatic heterocycles. The smallest absolute Gasteiger partial charge is 0.137 e. The largest absolute Gasteiger partial charge is 0.359 e. The van der Waals surface area contributed by atoms with E-state index in [0.29, 0.717) is 0 Å². The van der Waals surface area contributed by atoms with Gasteiger partial charge >= 0.3 is 0 Å². The van der Waals surface area contributed by atoms with Gasteiger partial charge in [-0.05, 0) is 78.9 Å². The van der Waals surface area contributed by atoms with Crippen LogP contribution in [0, 0.1) is 0 Å². The van der Waals surface area contributed by atoms with Gasteiger partial charge in [0.2, 0.25) is 0 Å². The summed E-state index contributed by atoms with van der Waals surface area (Å²) in [5, 5.41) is 2.06. The molecule has 0 saturated carbocycles. The van der Waals surface area contributed by atoms with E-state index in [1.807, 2.05) is 36.5 Å². The predicted octanol–water partition coefficient (Wildman–Crippen LogP) is 3.09.